The van der Waals surface area contributed by atoms with E-state index in [4.69, 9.17) is 4.42 Å². The number of anilines is 3. The van der Waals surface area contributed by atoms with Gasteiger partial charge in [-0.1, -0.05) is 12.1 Å². The van der Waals surface area contributed by atoms with Crippen molar-refractivity contribution in [3.8, 4) is 0 Å². The molecule has 0 aliphatic carbocycles. The number of nitrogens with zero attached hydrogens (tertiary/aromatic N) is 1. The van der Waals surface area contributed by atoms with Crippen LogP contribution in [0.4, 0.5) is 16.5 Å². The molecule has 3 amide bonds. The molecule has 156 valence electrons. The number of rotatable bonds is 7. The Kier molecular flexibility index (Phi) is 6.20. The van der Waals surface area contributed by atoms with Crippen molar-refractivity contribution in [2.75, 3.05) is 16.0 Å². The van der Waals surface area contributed by atoms with Crippen molar-refractivity contribution in [2.24, 2.45) is 0 Å². The second-order valence-electron chi connectivity index (χ2n) is 6.31. The SMILES string of the molecule is O=C(Cc1csc(NC(=O)c2ccco2)n1)Nc1cccc(NC(=O)c2cccs2)c1. The molecule has 8 nitrogen and oxygen atoms in total. The van der Waals surface area contributed by atoms with Crippen LogP contribution >= 0.6 is 22.7 Å². The van der Waals surface area contributed by atoms with Crippen molar-refractivity contribution >= 4 is 56.9 Å². The summed E-state index contributed by atoms with van der Waals surface area (Å²) < 4.78 is 5.03. The standard InChI is InChI=1S/C21H16N4O4S2/c26-18(11-15-12-31-21(24-15)25-19(27)16-6-2-8-29-16)22-13-4-1-5-14(10-13)23-20(28)17-7-3-9-30-17/h1-10,12H,11H2,(H,22,26)(H,23,28)(H,24,25,27). The average molecular weight is 453 g/mol. The number of benzene rings is 1. The van der Waals surface area contributed by atoms with Crippen LogP contribution in [0, 0.1) is 0 Å². The third kappa shape index (κ3) is 5.44. The Labute approximate surface area is 184 Å². The molecule has 0 spiro atoms. The van der Waals surface area contributed by atoms with E-state index in [1.165, 1.54) is 28.9 Å². The van der Waals surface area contributed by atoms with Crippen LogP contribution in [0.1, 0.15) is 25.9 Å². The first kappa shape index (κ1) is 20.5. The van der Waals surface area contributed by atoms with E-state index in [-0.39, 0.29) is 24.0 Å². The normalized spacial score (nSPS) is 10.5. The zero-order chi connectivity index (χ0) is 21.6. The van der Waals surface area contributed by atoms with Gasteiger partial charge in [0.25, 0.3) is 11.8 Å². The number of hydrogen-bond donors (Lipinski definition) is 3. The highest BCUT2D eigenvalue weighted by molar-refractivity contribution is 7.14. The maximum Gasteiger partial charge on any atom is 0.293 e. The van der Waals surface area contributed by atoms with Gasteiger partial charge in [0.1, 0.15) is 0 Å². The summed E-state index contributed by atoms with van der Waals surface area (Å²) in [4.78, 5) is 41.4. The lowest BCUT2D eigenvalue weighted by molar-refractivity contribution is -0.115. The summed E-state index contributed by atoms with van der Waals surface area (Å²) in [5, 5.41) is 12.1. The Morgan fingerprint density at radius 1 is 0.903 bits per heavy atom. The number of nitrogens with one attached hydrogen (secondary N) is 3. The Hall–Kier alpha value is -3.76. The van der Waals surface area contributed by atoms with Crippen LogP contribution in [0.3, 0.4) is 0 Å². The van der Waals surface area contributed by atoms with Gasteiger partial charge in [-0.2, -0.15) is 0 Å². The molecule has 3 aromatic heterocycles. The number of thiazole rings is 1. The highest BCUT2D eigenvalue weighted by atomic mass is 32.1. The van der Waals surface area contributed by atoms with Crippen molar-refractivity contribution < 1.29 is 18.8 Å². The van der Waals surface area contributed by atoms with Crippen LogP contribution in [0.25, 0.3) is 0 Å². The average Bonchev–Trinajstić information content (AvgIpc) is 3.51. The van der Waals surface area contributed by atoms with Crippen molar-refractivity contribution in [2.45, 2.75) is 6.42 Å². The molecule has 31 heavy (non-hydrogen) atoms. The molecule has 0 saturated carbocycles. The van der Waals surface area contributed by atoms with Crippen molar-refractivity contribution in [3.05, 3.63) is 81.9 Å². The van der Waals surface area contributed by atoms with Crippen LogP contribution < -0.4 is 16.0 Å². The molecular weight excluding hydrogens is 436 g/mol. The third-order valence-corrected chi connectivity index (χ3v) is 5.68. The fourth-order valence-electron chi connectivity index (χ4n) is 2.66. The zero-order valence-corrected chi connectivity index (χ0v) is 17.6. The summed E-state index contributed by atoms with van der Waals surface area (Å²) in [5.41, 5.74) is 1.66. The fourth-order valence-corrected chi connectivity index (χ4v) is 3.98. The second-order valence-corrected chi connectivity index (χ2v) is 8.12. The van der Waals surface area contributed by atoms with Crippen molar-refractivity contribution in [1.82, 2.24) is 4.98 Å². The maximum absolute atomic E-state index is 12.4. The van der Waals surface area contributed by atoms with Gasteiger partial charge in [-0.05, 0) is 41.8 Å². The molecule has 4 aromatic rings. The van der Waals surface area contributed by atoms with E-state index in [1.807, 2.05) is 11.4 Å². The highest BCUT2D eigenvalue weighted by Crippen LogP contribution is 2.20. The van der Waals surface area contributed by atoms with E-state index in [9.17, 15) is 14.4 Å². The van der Waals surface area contributed by atoms with E-state index in [0.717, 1.165) is 0 Å². The van der Waals surface area contributed by atoms with E-state index in [1.54, 1.807) is 47.8 Å². The predicted octanol–water partition coefficient (Wildman–Crippen LogP) is 4.48. The number of carbonyl (C=O) groups is 3. The first-order chi connectivity index (χ1) is 15.1. The minimum atomic E-state index is -0.406. The van der Waals surface area contributed by atoms with Gasteiger partial charge >= 0.3 is 0 Å². The lowest BCUT2D eigenvalue weighted by Gasteiger charge is -2.08. The molecule has 0 radical (unpaired) electrons. The van der Waals surface area contributed by atoms with Gasteiger partial charge in [-0.15, -0.1) is 22.7 Å². The van der Waals surface area contributed by atoms with Gasteiger partial charge in [-0.25, -0.2) is 4.98 Å². The first-order valence-corrected chi connectivity index (χ1v) is 10.9. The topological polar surface area (TPSA) is 113 Å². The number of aromatic nitrogens is 1. The fraction of sp³-hybridized carbons (Fsp3) is 0.0476. The molecule has 1 aromatic carbocycles. The summed E-state index contributed by atoms with van der Waals surface area (Å²) >= 11 is 2.57. The van der Waals surface area contributed by atoms with Crippen molar-refractivity contribution in [3.63, 3.8) is 0 Å². The molecule has 0 aliphatic heterocycles. The second kappa shape index (κ2) is 9.37. The highest BCUT2D eigenvalue weighted by Gasteiger charge is 2.13. The predicted molar refractivity (Wildman–Crippen MR) is 120 cm³/mol. The summed E-state index contributed by atoms with van der Waals surface area (Å²) in [6.45, 7) is 0. The number of carbonyl (C=O) groups excluding carboxylic acids is 3. The quantitative estimate of drug-likeness (QED) is 0.383. The molecule has 0 bridgehead atoms. The van der Waals surface area contributed by atoms with Gasteiger partial charge in [0.05, 0.1) is 23.3 Å². The molecule has 0 saturated heterocycles. The van der Waals surface area contributed by atoms with Crippen LogP contribution in [0.15, 0.2) is 70.0 Å². The van der Waals surface area contributed by atoms with Crippen LogP contribution in [0.5, 0.6) is 0 Å². The summed E-state index contributed by atoms with van der Waals surface area (Å²) in [7, 11) is 0. The van der Waals surface area contributed by atoms with Crippen LogP contribution in [0.2, 0.25) is 0 Å². The monoisotopic (exact) mass is 452 g/mol. The molecule has 10 heteroatoms. The minimum Gasteiger partial charge on any atom is -0.459 e. The van der Waals surface area contributed by atoms with Gasteiger partial charge in [0, 0.05) is 16.8 Å². The number of amides is 3. The Morgan fingerprint density at radius 2 is 1.74 bits per heavy atom. The largest absolute Gasteiger partial charge is 0.459 e. The summed E-state index contributed by atoms with van der Waals surface area (Å²) in [6.07, 6.45) is 1.45. The molecule has 3 N–H and O–H groups in total. The molecule has 4 rings (SSSR count). The van der Waals surface area contributed by atoms with Crippen LogP contribution in [-0.4, -0.2) is 22.7 Å². The van der Waals surface area contributed by atoms with E-state index >= 15 is 0 Å². The lowest BCUT2D eigenvalue weighted by atomic mass is 10.2. The first-order valence-electron chi connectivity index (χ1n) is 9.11. The lowest BCUT2D eigenvalue weighted by Crippen LogP contribution is -2.15. The van der Waals surface area contributed by atoms with Gasteiger partial charge in [-0.3, -0.25) is 19.7 Å². The number of thiophene rings is 1. The number of hydrogen-bond acceptors (Lipinski definition) is 7. The zero-order valence-electron chi connectivity index (χ0n) is 16.0. The summed E-state index contributed by atoms with van der Waals surface area (Å²) in [5.74, 6) is -0.696. The van der Waals surface area contributed by atoms with Gasteiger partial charge in [0.2, 0.25) is 5.91 Å². The number of furan rings is 1. The smallest absolute Gasteiger partial charge is 0.293 e. The molecule has 0 fully saturated rings. The van der Waals surface area contributed by atoms with E-state index < -0.39 is 5.91 Å². The Morgan fingerprint density at radius 3 is 2.48 bits per heavy atom. The molecule has 0 unspecified atom stereocenters. The molecule has 0 atom stereocenters. The van der Waals surface area contributed by atoms with Gasteiger partial charge < -0.3 is 15.1 Å². The van der Waals surface area contributed by atoms with Gasteiger partial charge in [0.15, 0.2) is 10.9 Å². The Balaban J connectivity index is 1.32. The molecular formula is C21H16N4O4S2. The minimum absolute atomic E-state index is 0.0406. The molecule has 3 heterocycles. The van der Waals surface area contributed by atoms with Crippen molar-refractivity contribution in [1.29, 1.82) is 0 Å². The third-order valence-electron chi connectivity index (χ3n) is 4.01. The van der Waals surface area contributed by atoms with Crippen LogP contribution in [-0.2, 0) is 11.2 Å². The maximum atomic E-state index is 12.4. The Bertz CT molecular complexity index is 1200. The summed E-state index contributed by atoms with van der Waals surface area (Å²) in [6, 6.07) is 13.6. The molecule has 0 aliphatic rings. The van der Waals surface area contributed by atoms with E-state index in [0.29, 0.717) is 27.1 Å². The van der Waals surface area contributed by atoms with E-state index in [2.05, 4.69) is 20.9 Å².